The maximum absolute atomic E-state index is 12.3. The second-order valence-electron chi connectivity index (χ2n) is 5.74. The van der Waals surface area contributed by atoms with Crippen LogP contribution in [0.3, 0.4) is 0 Å². The molecule has 6 heteroatoms. The monoisotopic (exact) mass is 319 g/mol. The highest BCUT2D eigenvalue weighted by Gasteiger charge is 2.32. The lowest BCUT2D eigenvalue weighted by Crippen LogP contribution is -2.43. The number of carbonyl (C=O) groups excluding carboxylic acids is 1. The number of hydrogen-bond donors (Lipinski definition) is 1. The van der Waals surface area contributed by atoms with Gasteiger partial charge >= 0.3 is 0 Å². The third-order valence-corrected chi connectivity index (χ3v) is 4.47. The van der Waals surface area contributed by atoms with E-state index in [1.807, 2.05) is 4.90 Å². The van der Waals surface area contributed by atoms with Gasteiger partial charge in [-0.05, 0) is 38.9 Å². The van der Waals surface area contributed by atoms with Crippen LogP contribution in [-0.2, 0) is 9.53 Å². The van der Waals surface area contributed by atoms with E-state index in [0.717, 1.165) is 65.1 Å². The van der Waals surface area contributed by atoms with Crippen molar-refractivity contribution in [2.45, 2.75) is 45.3 Å². The molecule has 0 aromatic heterocycles. The molecule has 1 N–H and O–H groups in total. The molecule has 2 aliphatic heterocycles. The Hall–Kier alpha value is -0.360. The molecule has 124 valence electrons. The summed E-state index contributed by atoms with van der Waals surface area (Å²) < 4.78 is 5.92. The van der Waals surface area contributed by atoms with Crippen LogP contribution in [0, 0.1) is 0 Å². The number of carbonyl (C=O) groups is 1. The minimum Gasteiger partial charge on any atom is -0.375 e. The van der Waals surface area contributed by atoms with Gasteiger partial charge in [-0.1, -0.05) is 13.8 Å². The summed E-state index contributed by atoms with van der Waals surface area (Å²) in [7, 11) is 0. The zero-order valence-corrected chi connectivity index (χ0v) is 14.2. The number of likely N-dealkylation sites (tertiary alicyclic amines) is 1. The molecular formula is C15H30ClN3O2. The van der Waals surface area contributed by atoms with E-state index < -0.39 is 0 Å². The zero-order chi connectivity index (χ0) is 14.4. The first kappa shape index (κ1) is 18.7. The molecule has 2 heterocycles. The Morgan fingerprint density at radius 1 is 1.33 bits per heavy atom. The van der Waals surface area contributed by atoms with Crippen molar-refractivity contribution in [1.82, 2.24) is 15.1 Å². The van der Waals surface area contributed by atoms with Gasteiger partial charge in [-0.25, -0.2) is 0 Å². The first-order chi connectivity index (χ1) is 9.74. The summed E-state index contributed by atoms with van der Waals surface area (Å²) in [6, 6.07) is 0.0597. The molecule has 0 aliphatic carbocycles. The normalized spacial score (nSPS) is 25.4. The van der Waals surface area contributed by atoms with Crippen molar-refractivity contribution in [3.63, 3.8) is 0 Å². The van der Waals surface area contributed by atoms with Gasteiger partial charge in [0.2, 0.25) is 5.91 Å². The molecule has 2 aliphatic rings. The standard InChI is InChI=1S/C15H29N3O2.ClH/c1-3-17(4-2)10-11-20-13-7-9-18(12-13)15(19)14-6-5-8-16-14;/h13-14,16H,3-12H2,1-2H3;1H. The summed E-state index contributed by atoms with van der Waals surface area (Å²) in [5.41, 5.74) is 0. The molecule has 2 fully saturated rings. The number of rotatable bonds is 7. The van der Waals surface area contributed by atoms with Crippen molar-refractivity contribution in [3.8, 4) is 0 Å². The molecule has 0 saturated carbocycles. The van der Waals surface area contributed by atoms with Crippen LogP contribution < -0.4 is 5.32 Å². The molecule has 0 radical (unpaired) electrons. The fourth-order valence-corrected chi connectivity index (χ4v) is 3.07. The van der Waals surface area contributed by atoms with Crippen LogP contribution in [0.4, 0.5) is 0 Å². The van der Waals surface area contributed by atoms with Gasteiger partial charge in [0.05, 0.1) is 18.8 Å². The van der Waals surface area contributed by atoms with E-state index in [9.17, 15) is 4.79 Å². The van der Waals surface area contributed by atoms with E-state index in [4.69, 9.17) is 4.74 Å². The molecule has 0 spiro atoms. The minimum absolute atomic E-state index is 0. The van der Waals surface area contributed by atoms with Gasteiger partial charge in [0, 0.05) is 19.6 Å². The average Bonchev–Trinajstić information content (AvgIpc) is 3.14. The smallest absolute Gasteiger partial charge is 0.239 e. The number of halogens is 1. The molecule has 1 amide bonds. The fourth-order valence-electron chi connectivity index (χ4n) is 3.07. The largest absolute Gasteiger partial charge is 0.375 e. The van der Waals surface area contributed by atoms with Gasteiger partial charge in [0.25, 0.3) is 0 Å². The molecule has 2 unspecified atom stereocenters. The van der Waals surface area contributed by atoms with E-state index in [2.05, 4.69) is 24.1 Å². The van der Waals surface area contributed by atoms with E-state index >= 15 is 0 Å². The second-order valence-corrected chi connectivity index (χ2v) is 5.74. The maximum Gasteiger partial charge on any atom is 0.239 e. The Kier molecular flexibility index (Phi) is 8.56. The van der Waals surface area contributed by atoms with Crippen molar-refractivity contribution in [2.24, 2.45) is 0 Å². The molecule has 0 aromatic rings. The van der Waals surface area contributed by atoms with Crippen molar-refractivity contribution >= 4 is 18.3 Å². The van der Waals surface area contributed by atoms with E-state index in [-0.39, 0.29) is 30.5 Å². The third kappa shape index (κ3) is 5.40. The SMILES string of the molecule is CCN(CC)CCOC1CCN(C(=O)C2CCCN2)C1.Cl. The fraction of sp³-hybridized carbons (Fsp3) is 0.933. The van der Waals surface area contributed by atoms with Gasteiger partial charge in [0.1, 0.15) is 0 Å². The number of hydrogen-bond acceptors (Lipinski definition) is 4. The summed E-state index contributed by atoms with van der Waals surface area (Å²) in [5.74, 6) is 0.275. The number of amides is 1. The topological polar surface area (TPSA) is 44.8 Å². The summed E-state index contributed by atoms with van der Waals surface area (Å²) >= 11 is 0. The third-order valence-electron chi connectivity index (χ3n) is 4.47. The summed E-state index contributed by atoms with van der Waals surface area (Å²) in [6.45, 7) is 10.9. The van der Waals surface area contributed by atoms with E-state index in [1.54, 1.807) is 0 Å². The molecule has 2 rings (SSSR count). The van der Waals surface area contributed by atoms with Crippen LogP contribution in [-0.4, -0.2) is 73.7 Å². The summed E-state index contributed by atoms with van der Waals surface area (Å²) in [6.07, 6.45) is 3.32. The number of likely N-dealkylation sites (N-methyl/N-ethyl adjacent to an activating group) is 1. The molecule has 0 bridgehead atoms. The lowest BCUT2D eigenvalue weighted by molar-refractivity contribution is -0.132. The van der Waals surface area contributed by atoms with Gasteiger partial charge < -0.3 is 19.9 Å². The van der Waals surface area contributed by atoms with E-state index in [1.165, 1.54) is 0 Å². The van der Waals surface area contributed by atoms with Crippen LogP contribution in [0.1, 0.15) is 33.1 Å². The highest BCUT2D eigenvalue weighted by molar-refractivity contribution is 5.85. The average molecular weight is 320 g/mol. The maximum atomic E-state index is 12.3. The van der Waals surface area contributed by atoms with Crippen LogP contribution in [0.5, 0.6) is 0 Å². The predicted octanol–water partition coefficient (Wildman–Crippen LogP) is 1.12. The first-order valence-electron chi connectivity index (χ1n) is 8.10. The Morgan fingerprint density at radius 2 is 2.10 bits per heavy atom. The van der Waals surface area contributed by atoms with Crippen LogP contribution >= 0.6 is 12.4 Å². The molecule has 2 atom stereocenters. The van der Waals surface area contributed by atoms with Crippen molar-refractivity contribution in [2.75, 3.05) is 45.9 Å². The van der Waals surface area contributed by atoms with Gasteiger partial charge in [-0.3, -0.25) is 4.79 Å². The van der Waals surface area contributed by atoms with Crippen molar-refractivity contribution in [1.29, 1.82) is 0 Å². The lowest BCUT2D eigenvalue weighted by atomic mass is 10.2. The number of ether oxygens (including phenoxy) is 1. The molecule has 2 saturated heterocycles. The van der Waals surface area contributed by atoms with Gasteiger partial charge in [-0.15, -0.1) is 12.4 Å². The minimum atomic E-state index is 0. The van der Waals surface area contributed by atoms with E-state index in [0.29, 0.717) is 0 Å². The molecule has 21 heavy (non-hydrogen) atoms. The highest BCUT2D eigenvalue weighted by Crippen LogP contribution is 2.16. The quantitative estimate of drug-likeness (QED) is 0.764. The van der Waals surface area contributed by atoms with Gasteiger partial charge in [0.15, 0.2) is 0 Å². The first-order valence-corrected chi connectivity index (χ1v) is 8.10. The Labute approximate surface area is 134 Å². The lowest BCUT2D eigenvalue weighted by Gasteiger charge is -2.21. The Balaban J connectivity index is 0.00000220. The number of nitrogens with one attached hydrogen (secondary N) is 1. The Bertz CT molecular complexity index is 307. The highest BCUT2D eigenvalue weighted by atomic mass is 35.5. The van der Waals surface area contributed by atoms with Crippen LogP contribution in [0.15, 0.2) is 0 Å². The number of nitrogens with zero attached hydrogens (tertiary/aromatic N) is 2. The van der Waals surface area contributed by atoms with Crippen LogP contribution in [0.25, 0.3) is 0 Å². The summed E-state index contributed by atoms with van der Waals surface area (Å²) in [4.78, 5) is 16.6. The van der Waals surface area contributed by atoms with Crippen molar-refractivity contribution in [3.05, 3.63) is 0 Å². The molecule has 0 aromatic carbocycles. The molecular weight excluding hydrogens is 290 g/mol. The predicted molar refractivity (Wildman–Crippen MR) is 87.0 cm³/mol. The summed E-state index contributed by atoms with van der Waals surface area (Å²) in [5, 5.41) is 3.28. The zero-order valence-electron chi connectivity index (χ0n) is 13.3. The second kappa shape index (κ2) is 9.62. The molecule has 5 nitrogen and oxygen atoms in total. The van der Waals surface area contributed by atoms with Crippen molar-refractivity contribution < 1.29 is 9.53 Å². The van der Waals surface area contributed by atoms with Gasteiger partial charge in [-0.2, -0.15) is 0 Å². The van der Waals surface area contributed by atoms with Crippen LogP contribution in [0.2, 0.25) is 0 Å². The Morgan fingerprint density at radius 3 is 2.71 bits per heavy atom.